The zero-order chi connectivity index (χ0) is 12.3. The second kappa shape index (κ2) is 5.39. The molecule has 0 spiro atoms. The molecular weight excluding hydrogens is 212 g/mol. The van der Waals surface area contributed by atoms with E-state index in [1.54, 1.807) is 0 Å². The highest BCUT2D eigenvalue weighted by molar-refractivity contribution is 5.79. The second-order valence-corrected chi connectivity index (χ2v) is 5.32. The molecule has 1 fully saturated rings. The minimum atomic E-state index is 0.389. The predicted octanol–water partition coefficient (Wildman–Crippen LogP) is 2.90. The van der Waals surface area contributed by atoms with Crippen LogP contribution in [0.15, 0.2) is 12.3 Å². The largest absolute Gasteiger partial charge is 0.300 e. The molecule has 1 aromatic rings. The van der Waals surface area contributed by atoms with Crippen LogP contribution >= 0.6 is 0 Å². The molecule has 0 bridgehead atoms. The second-order valence-electron chi connectivity index (χ2n) is 5.32. The highest BCUT2D eigenvalue weighted by Crippen LogP contribution is 2.28. The van der Waals surface area contributed by atoms with Gasteiger partial charge in [0.2, 0.25) is 0 Å². The molecule has 3 nitrogen and oxygen atoms in total. The maximum atomic E-state index is 11.2. The van der Waals surface area contributed by atoms with Crippen molar-refractivity contribution in [3.8, 4) is 0 Å². The Morgan fingerprint density at radius 3 is 2.71 bits per heavy atom. The summed E-state index contributed by atoms with van der Waals surface area (Å²) in [5, 5.41) is 0. The molecule has 0 atom stereocenters. The Morgan fingerprint density at radius 1 is 1.35 bits per heavy atom. The lowest BCUT2D eigenvalue weighted by Gasteiger charge is -2.19. The number of Topliss-reactive ketones (excluding diaryl/α,β-unsaturated/α-hetero) is 1. The fourth-order valence-corrected chi connectivity index (χ4v) is 2.34. The summed E-state index contributed by atoms with van der Waals surface area (Å²) >= 11 is 0. The van der Waals surface area contributed by atoms with Crippen LogP contribution in [0.4, 0.5) is 0 Å². The van der Waals surface area contributed by atoms with Crippen LogP contribution in [0.25, 0.3) is 0 Å². The summed E-state index contributed by atoms with van der Waals surface area (Å²) < 4.78 is 0. The third-order valence-corrected chi connectivity index (χ3v) is 3.26. The number of hydrogen-bond acceptors (Lipinski definition) is 3. The molecule has 1 aliphatic rings. The number of carbonyl (C=O) groups is 1. The van der Waals surface area contributed by atoms with E-state index in [-0.39, 0.29) is 0 Å². The van der Waals surface area contributed by atoms with Gasteiger partial charge in [0.1, 0.15) is 11.6 Å². The third kappa shape index (κ3) is 3.35. The summed E-state index contributed by atoms with van der Waals surface area (Å²) in [7, 11) is 0. The van der Waals surface area contributed by atoms with Crippen molar-refractivity contribution in [3.63, 3.8) is 0 Å². The average Bonchev–Trinajstić information content (AvgIpc) is 2.29. The number of ketones is 1. The molecule has 0 aliphatic heterocycles. The fraction of sp³-hybridized carbons (Fsp3) is 0.643. The number of hydrogen-bond donors (Lipinski definition) is 0. The summed E-state index contributed by atoms with van der Waals surface area (Å²) in [4.78, 5) is 20.2. The number of aromatic nitrogens is 2. The van der Waals surface area contributed by atoms with Crippen LogP contribution in [-0.2, 0) is 11.2 Å². The Bertz CT molecular complexity index is 391. The van der Waals surface area contributed by atoms with E-state index in [1.165, 1.54) is 0 Å². The number of rotatable bonds is 3. The third-order valence-electron chi connectivity index (χ3n) is 3.26. The lowest BCUT2D eigenvalue weighted by atomic mass is 9.88. The minimum absolute atomic E-state index is 0.389. The van der Waals surface area contributed by atoms with Crippen LogP contribution < -0.4 is 0 Å². The van der Waals surface area contributed by atoms with Crippen LogP contribution in [0.2, 0.25) is 0 Å². The zero-order valence-electron chi connectivity index (χ0n) is 10.6. The van der Waals surface area contributed by atoms with E-state index in [0.717, 1.165) is 30.8 Å². The molecule has 2 rings (SSSR count). The van der Waals surface area contributed by atoms with Crippen LogP contribution in [-0.4, -0.2) is 15.8 Å². The van der Waals surface area contributed by atoms with E-state index in [0.29, 0.717) is 30.5 Å². The van der Waals surface area contributed by atoms with Gasteiger partial charge in [0.05, 0.1) is 0 Å². The van der Waals surface area contributed by atoms with Crippen molar-refractivity contribution < 1.29 is 4.79 Å². The van der Waals surface area contributed by atoms with Gasteiger partial charge < -0.3 is 0 Å². The van der Waals surface area contributed by atoms with E-state index < -0.39 is 0 Å². The van der Waals surface area contributed by atoms with Gasteiger partial charge in [0.15, 0.2) is 0 Å². The van der Waals surface area contributed by atoms with Gasteiger partial charge in [-0.05, 0) is 31.2 Å². The van der Waals surface area contributed by atoms with Crippen molar-refractivity contribution in [3.05, 3.63) is 23.8 Å². The first-order chi connectivity index (χ1) is 8.15. The van der Waals surface area contributed by atoms with E-state index in [9.17, 15) is 4.79 Å². The Labute approximate surface area is 103 Å². The van der Waals surface area contributed by atoms with Gasteiger partial charge in [0.25, 0.3) is 0 Å². The van der Waals surface area contributed by atoms with E-state index in [4.69, 9.17) is 0 Å². The lowest BCUT2D eigenvalue weighted by Crippen LogP contribution is -2.15. The van der Waals surface area contributed by atoms with Gasteiger partial charge in [-0.1, -0.05) is 13.8 Å². The Balaban J connectivity index is 2.07. The van der Waals surface area contributed by atoms with E-state index in [1.807, 2.05) is 12.3 Å². The van der Waals surface area contributed by atoms with Crippen molar-refractivity contribution in [2.45, 2.75) is 51.9 Å². The summed E-state index contributed by atoms with van der Waals surface area (Å²) in [6, 6.07) is 2.00. The first-order valence-electron chi connectivity index (χ1n) is 6.48. The molecule has 1 saturated carbocycles. The Hall–Kier alpha value is -1.25. The van der Waals surface area contributed by atoms with Gasteiger partial charge in [-0.3, -0.25) is 4.79 Å². The topological polar surface area (TPSA) is 42.9 Å². The molecule has 17 heavy (non-hydrogen) atoms. The van der Waals surface area contributed by atoms with E-state index >= 15 is 0 Å². The molecule has 1 aromatic heterocycles. The van der Waals surface area contributed by atoms with Gasteiger partial charge >= 0.3 is 0 Å². The smallest absolute Gasteiger partial charge is 0.132 e. The molecule has 0 amide bonds. The van der Waals surface area contributed by atoms with Crippen molar-refractivity contribution in [2.75, 3.05) is 0 Å². The summed E-state index contributed by atoms with van der Waals surface area (Å²) in [6.45, 7) is 4.39. The Kier molecular flexibility index (Phi) is 3.87. The first kappa shape index (κ1) is 12.2. The molecule has 0 aromatic carbocycles. The normalized spacial score (nSPS) is 17.7. The van der Waals surface area contributed by atoms with Gasteiger partial charge in [-0.25, -0.2) is 9.97 Å². The van der Waals surface area contributed by atoms with Crippen molar-refractivity contribution in [1.29, 1.82) is 0 Å². The summed E-state index contributed by atoms with van der Waals surface area (Å²) in [5.41, 5.74) is 1.13. The molecule has 0 unspecified atom stereocenters. The monoisotopic (exact) mass is 232 g/mol. The average molecular weight is 232 g/mol. The highest BCUT2D eigenvalue weighted by atomic mass is 16.1. The number of carbonyl (C=O) groups excluding carboxylic acids is 1. The van der Waals surface area contributed by atoms with Gasteiger partial charge in [-0.2, -0.15) is 0 Å². The summed E-state index contributed by atoms with van der Waals surface area (Å²) in [5.74, 6) is 2.33. The Morgan fingerprint density at radius 2 is 2.06 bits per heavy atom. The fourth-order valence-electron chi connectivity index (χ4n) is 2.34. The van der Waals surface area contributed by atoms with Gasteiger partial charge in [-0.15, -0.1) is 0 Å². The molecule has 3 heteroatoms. The maximum absolute atomic E-state index is 11.2. The van der Waals surface area contributed by atoms with Crippen LogP contribution in [0, 0.1) is 5.92 Å². The quantitative estimate of drug-likeness (QED) is 0.804. The van der Waals surface area contributed by atoms with Crippen molar-refractivity contribution in [2.24, 2.45) is 5.92 Å². The predicted molar refractivity (Wildman–Crippen MR) is 66.8 cm³/mol. The van der Waals surface area contributed by atoms with Crippen LogP contribution in [0.3, 0.4) is 0 Å². The molecular formula is C14H20N2O. The molecule has 92 valence electrons. The standard InChI is InChI=1S/C14H20N2O/c1-10(2)9-12-7-8-15-14(16-12)11-3-5-13(17)6-4-11/h7-8,10-11H,3-6,9H2,1-2H3. The summed E-state index contributed by atoms with van der Waals surface area (Å²) in [6.07, 6.45) is 6.09. The van der Waals surface area contributed by atoms with Crippen LogP contribution in [0.5, 0.6) is 0 Å². The zero-order valence-corrected chi connectivity index (χ0v) is 10.6. The molecule has 0 N–H and O–H groups in total. The van der Waals surface area contributed by atoms with Crippen molar-refractivity contribution in [1.82, 2.24) is 9.97 Å². The highest BCUT2D eigenvalue weighted by Gasteiger charge is 2.22. The first-order valence-corrected chi connectivity index (χ1v) is 6.48. The van der Waals surface area contributed by atoms with E-state index in [2.05, 4.69) is 23.8 Å². The van der Waals surface area contributed by atoms with Crippen LogP contribution in [0.1, 0.15) is 57.0 Å². The van der Waals surface area contributed by atoms with Crippen molar-refractivity contribution >= 4 is 5.78 Å². The SMILES string of the molecule is CC(C)Cc1ccnc(C2CCC(=O)CC2)n1. The minimum Gasteiger partial charge on any atom is -0.300 e. The molecule has 1 heterocycles. The van der Waals surface area contributed by atoms with Gasteiger partial charge in [0, 0.05) is 30.7 Å². The number of nitrogens with zero attached hydrogens (tertiary/aromatic N) is 2. The maximum Gasteiger partial charge on any atom is 0.132 e. The molecule has 1 aliphatic carbocycles. The molecule has 0 saturated heterocycles. The lowest BCUT2D eigenvalue weighted by molar-refractivity contribution is -0.120. The molecule has 0 radical (unpaired) electrons.